The number of likely N-dealkylation sites (tertiary alicyclic amines) is 1. The summed E-state index contributed by atoms with van der Waals surface area (Å²) in [6.45, 7) is 4.47. The SMILES string of the molecule is COCCN1CCC(CN(C)C2=NC(=O)C(=Cc3ccc4c(cnn4Cc4ccc(Cl)cc4C(F)(F)F)c3)S2)C1. The number of methoxy groups -OCH3 is 1. The number of amidine groups is 1. The van der Waals surface area contributed by atoms with E-state index >= 15 is 0 Å². The molecule has 1 fully saturated rings. The quantitative estimate of drug-likeness (QED) is 0.317. The largest absolute Gasteiger partial charge is 0.416 e. The maximum atomic E-state index is 13.5. The highest BCUT2D eigenvalue weighted by atomic mass is 35.5. The zero-order valence-corrected chi connectivity index (χ0v) is 23.7. The van der Waals surface area contributed by atoms with Crippen LogP contribution in [0.5, 0.6) is 0 Å². The lowest BCUT2D eigenvalue weighted by atomic mass is 10.1. The van der Waals surface area contributed by atoms with Crippen molar-refractivity contribution in [1.82, 2.24) is 19.6 Å². The van der Waals surface area contributed by atoms with Gasteiger partial charge in [-0.2, -0.15) is 23.3 Å². The van der Waals surface area contributed by atoms with Gasteiger partial charge in [0.2, 0.25) is 0 Å². The minimum absolute atomic E-state index is 0.0277. The molecule has 1 amide bonds. The monoisotopic (exact) mass is 591 g/mol. The molecule has 0 bridgehead atoms. The summed E-state index contributed by atoms with van der Waals surface area (Å²) in [5.41, 5.74) is 0.770. The van der Waals surface area contributed by atoms with E-state index < -0.39 is 11.7 Å². The molecule has 2 aromatic carbocycles. The van der Waals surface area contributed by atoms with Gasteiger partial charge in [-0.15, -0.1) is 0 Å². The predicted molar refractivity (Wildman–Crippen MR) is 152 cm³/mol. The van der Waals surface area contributed by atoms with Crippen LogP contribution >= 0.6 is 23.4 Å². The summed E-state index contributed by atoms with van der Waals surface area (Å²) in [7, 11) is 3.67. The third-order valence-electron chi connectivity index (χ3n) is 7.11. The molecule has 0 saturated carbocycles. The van der Waals surface area contributed by atoms with Gasteiger partial charge in [0, 0.05) is 44.2 Å². The Bertz CT molecular complexity index is 1470. The zero-order chi connectivity index (χ0) is 28.4. The van der Waals surface area contributed by atoms with Gasteiger partial charge in [-0.1, -0.05) is 23.7 Å². The summed E-state index contributed by atoms with van der Waals surface area (Å²) in [6.07, 6.45) is -0.0229. The zero-order valence-electron chi connectivity index (χ0n) is 22.1. The summed E-state index contributed by atoms with van der Waals surface area (Å²) in [4.78, 5) is 21.9. The topological polar surface area (TPSA) is 63.0 Å². The number of amides is 1. The lowest BCUT2D eigenvalue weighted by molar-refractivity contribution is -0.138. The van der Waals surface area contributed by atoms with Crippen molar-refractivity contribution in [3.8, 4) is 0 Å². The molecule has 7 nitrogen and oxygen atoms in total. The molecule has 1 saturated heterocycles. The van der Waals surface area contributed by atoms with Crippen molar-refractivity contribution in [2.75, 3.05) is 46.9 Å². The number of carbonyl (C=O) groups excluding carboxylic acids is 1. The van der Waals surface area contributed by atoms with Crippen LogP contribution in [0.25, 0.3) is 17.0 Å². The van der Waals surface area contributed by atoms with E-state index in [9.17, 15) is 18.0 Å². The average molecular weight is 592 g/mol. The van der Waals surface area contributed by atoms with Crippen LogP contribution in [0.3, 0.4) is 0 Å². The van der Waals surface area contributed by atoms with E-state index in [1.165, 1.54) is 28.6 Å². The minimum atomic E-state index is -4.52. The first-order valence-electron chi connectivity index (χ1n) is 12.9. The molecular formula is C28H29ClF3N5O2S. The van der Waals surface area contributed by atoms with E-state index in [1.54, 1.807) is 25.4 Å². The molecule has 5 rings (SSSR count). The van der Waals surface area contributed by atoms with Crippen LogP contribution in [0, 0.1) is 5.92 Å². The molecule has 0 N–H and O–H groups in total. The Morgan fingerprint density at radius 3 is 2.85 bits per heavy atom. The first-order valence-corrected chi connectivity index (χ1v) is 14.1. The van der Waals surface area contributed by atoms with E-state index in [1.807, 2.05) is 24.1 Å². The molecule has 212 valence electrons. The number of thioether (sulfide) groups is 1. The number of hydrogen-bond donors (Lipinski definition) is 0. The Hall–Kier alpha value is -2.86. The first-order chi connectivity index (χ1) is 19.1. The van der Waals surface area contributed by atoms with E-state index in [0.717, 1.165) is 56.2 Å². The number of nitrogens with zero attached hydrogens (tertiary/aromatic N) is 5. The molecule has 3 heterocycles. The maximum Gasteiger partial charge on any atom is 0.416 e. The summed E-state index contributed by atoms with van der Waals surface area (Å²) in [5.74, 6) is 0.227. The van der Waals surface area contributed by atoms with Gasteiger partial charge in [-0.05, 0) is 72.1 Å². The molecule has 1 atom stereocenters. The lowest BCUT2D eigenvalue weighted by Gasteiger charge is -2.22. The second-order valence-electron chi connectivity index (χ2n) is 10.1. The number of aliphatic imine (C=N–C) groups is 1. The number of alkyl halides is 3. The van der Waals surface area contributed by atoms with Gasteiger partial charge in [0.25, 0.3) is 5.91 Å². The first kappa shape index (κ1) is 28.7. The van der Waals surface area contributed by atoms with Crippen LogP contribution in [0.15, 0.2) is 52.5 Å². The van der Waals surface area contributed by atoms with Gasteiger partial charge in [0.1, 0.15) is 0 Å². The predicted octanol–water partition coefficient (Wildman–Crippen LogP) is 5.63. The Kier molecular flexibility index (Phi) is 8.55. The Balaban J connectivity index is 1.25. The minimum Gasteiger partial charge on any atom is -0.383 e. The number of hydrogen-bond acceptors (Lipinski definition) is 6. The molecule has 1 aromatic heterocycles. The Morgan fingerprint density at radius 1 is 1.25 bits per heavy atom. The number of fused-ring (bicyclic) bond motifs is 1. The molecule has 0 spiro atoms. The number of carbonyl (C=O) groups is 1. The Labute approximate surface area is 239 Å². The van der Waals surface area contributed by atoms with E-state index in [4.69, 9.17) is 16.3 Å². The highest BCUT2D eigenvalue weighted by Crippen LogP contribution is 2.35. The van der Waals surface area contributed by atoms with Crippen molar-refractivity contribution in [1.29, 1.82) is 0 Å². The van der Waals surface area contributed by atoms with E-state index in [-0.39, 0.29) is 23.0 Å². The van der Waals surface area contributed by atoms with Gasteiger partial charge in [-0.3, -0.25) is 9.48 Å². The number of halogens is 4. The second-order valence-corrected chi connectivity index (χ2v) is 11.5. The normalized spacial score (nSPS) is 19.2. The number of benzene rings is 2. The average Bonchev–Trinajstić information content (AvgIpc) is 3.62. The molecule has 2 aliphatic heterocycles. The van der Waals surface area contributed by atoms with Gasteiger partial charge < -0.3 is 14.5 Å². The van der Waals surface area contributed by atoms with Crippen molar-refractivity contribution in [2.24, 2.45) is 10.9 Å². The van der Waals surface area contributed by atoms with Crippen LogP contribution in [0.1, 0.15) is 23.1 Å². The van der Waals surface area contributed by atoms with Crippen molar-refractivity contribution < 1.29 is 22.7 Å². The number of ether oxygens (including phenoxy) is 1. The van der Waals surface area contributed by atoms with Crippen molar-refractivity contribution in [3.63, 3.8) is 0 Å². The van der Waals surface area contributed by atoms with Gasteiger partial charge in [0.15, 0.2) is 5.17 Å². The third kappa shape index (κ3) is 6.54. The summed E-state index contributed by atoms with van der Waals surface area (Å²) < 4.78 is 47.3. The molecule has 40 heavy (non-hydrogen) atoms. The maximum absolute atomic E-state index is 13.5. The van der Waals surface area contributed by atoms with Crippen LogP contribution in [0.2, 0.25) is 5.02 Å². The summed E-state index contributed by atoms with van der Waals surface area (Å²) >= 11 is 7.16. The number of rotatable bonds is 8. The molecular weight excluding hydrogens is 563 g/mol. The van der Waals surface area contributed by atoms with E-state index in [2.05, 4.69) is 15.0 Å². The number of aromatic nitrogens is 2. The van der Waals surface area contributed by atoms with Gasteiger partial charge >= 0.3 is 6.18 Å². The van der Waals surface area contributed by atoms with Crippen LogP contribution < -0.4 is 0 Å². The van der Waals surface area contributed by atoms with Crippen LogP contribution in [-0.4, -0.2) is 77.6 Å². The smallest absolute Gasteiger partial charge is 0.383 e. The van der Waals surface area contributed by atoms with Crippen molar-refractivity contribution in [3.05, 3.63) is 69.2 Å². The Morgan fingerprint density at radius 2 is 2.08 bits per heavy atom. The van der Waals surface area contributed by atoms with Gasteiger partial charge in [-0.25, -0.2) is 0 Å². The summed E-state index contributed by atoms with van der Waals surface area (Å²) in [6, 6.07) is 9.23. The molecule has 1 unspecified atom stereocenters. The van der Waals surface area contributed by atoms with Gasteiger partial charge in [0.05, 0.1) is 35.3 Å². The van der Waals surface area contributed by atoms with Crippen LogP contribution in [-0.2, 0) is 22.3 Å². The fourth-order valence-corrected chi connectivity index (χ4v) is 6.15. The van der Waals surface area contributed by atoms with Crippen molar-refractivity contribution in [2.45, 2.75) is 19.1 Å². The molecule has 0 radical (unpaired) electrons. The van der Waals surface area contributed by atoms with Crippen LogP contribution in [0.4, 0.5) is 13.2 Å². The molecule has 3 aromatic rings. The second kappa shape index (κ2) is 11.9. The molecule has 12 heteroatoms. The standard InChI is InChI=1S/C28H29ClF3N5O2S/c1-35(15-19-7-8-36(16-19)9-10-39-2)27-34-26(38)25(40-27)12-18-3-6-24-21(11-18)14-33-37(24)17-20-4-5-22(29)13-23(20)28(30,31)32/h3-6,11-14,19H,7-10,15-17H2,1-2H3. The highest BCUT2D eigenvalue weighted by Gasteiger charge is 2.34. The lowest BCUT2D eigenvalue weighted by Crippen LogP contribution is -2.31. The fraction of sp³-hybridized carbons (Fsp3) is 0.393. The highest BCUT2D eigenvalue weighted by molar-refractivity contribution is 8.18. The van der Waals surface area contributed by atoms with Crippen molar-refractivity contribution >= 4 is 51.4 Å². The van der Waals surface area contributed by atoms with E-state index in [0.29, 0.717) is 21.5 Å². The molecule has 2 aliphatic rings. The third-order valence-corrected chi connectivity index (χ3v) is 8.44. The molecule has 0 aliphatic carbocycles. The fourth-order valence-electron chi connectivity index (χ4n) is 5.10. The summed E-state index contributed by atoms with van der Waals surface area (Å²) in [5, 5.41) is 5.78.